The monoisotopic (exact) mass is 388 g/mol. The zero-order valence-electron chi connectivity index (χ0n) is 14.5. The molecule has 0 bridgehead atoms. The van der Waals surface area contributed by atoms with Gasteiger partial charge >= 0.3 is 0 Å². The van der Waals surface area contributed by atoms with Crippen LogP contribution in [0.2, 0.25) is 5.02 Å². The van der Waals surface area contributed by atoms with Crippen LogP contribution in [0.1, 0.15) is 28.9 Å². The number of carbonyl (C=O) groups is 1. The van der Waals surface area contributed by atoms with Crippen molar-refractivity contribution in [3.8, 4) is 0 Å². The number of hydrogen-bond donors (Lipinski definition) is 3. The van der Waals surface area contributed by atoms with Gasteiger partial charge in [0.05, 0.1) is 16.6 Å². The summed E-state index contributed by atoms with van der Waals surface area (Å²) in [6, 6.07) is 5.79. The van der Waals surface area contributed by atoms with E-state index in [1.807, 2.05) is 6.92 Å². The molecule has 0 aliphatic rings. The van der Waals surface area contributed by atoms with E-state index in [0.717, 1.165) is 12.1 Å². The summed E-state index contributed by atoms with van der Waals surface area (Å²) in [7, 11) is 0. The molecule has 1 aromatic carbocycles. The Morgan fingerprint density at radius 1 is 1.26 bits per heavy atom. The van der Waals surface area contributed by atoms with E-state index in [1.54, 1.807) is 12.1 Å². The minimum absolute atomic E-state index is 0.0393. The largest absolute Gasteiger partial charge is 0.366 e. The average molecular weight is 389 g/mol. The fourth-order valence-electron chi connectivity index (χ4n) is 2.70. The predicted octanol–water partition coefficient (Wildman–Crippen LogP) is 2.68. The number of likely N-dealkylation sites (N-methyl/N-ethyl adjacent to an activating group) is 1. The lowest BCUT2D eigenvalue weighted by molar-refractivity contribution is 0.100. The van der Waals surface area contributed by atoms with Crippen LogP contribution in [-0.4, -0.2) is 33.9 Å². The van der Waals surface area contributed by atoms with Crippen molar-refractivity contribution in [2.45, 2.75) is 13.0 Å². The number of carbonyl (C=O) groups excluding carboxylic acids is 1. The number of fused-ring (bicyclic) bond motifs is 1. The lowest BCUT2D eigenvalue weighted by atomic mass is 10.1. The van der Waals surface area contributed by atoms with Gasteiger partial charge in [0.25, 0.3) is 5.91 Å². The van der Waals surface area contributed by atoms with Crippen LogP contribution >= 0.6 is 11.6 Å². The molecule has 7 nitrogen and oxygen atoms in total. The first-order valence-electron chi connectivity index (χ1n) is 8.33. The number of aromatic nitrogens is 3. The van der Waals surface area contributed by atoms with E-state index in [0.29, 0.717) is 23.4 Å². The topological polar surface area (TPSA) is 106 Å². The lowest BCUT2D eigenvalue weighted by Crippen LogP contribution is -2.27. The number of benzene rings is 1. The number of halogens is 2. The molecule has 140 valence electrons. The maximum atomic E-state index is 13.5. The zero-order valence-corrected chi connectivity index (χ0v) is 15.3. The quantitative estimate of drug-likeness (QED) is 0.574. The molecule has 1 atom stereocenters. The molecule has 0 fully saturated rings. The van der Waals surface area contributed by atoms with E-state index in [2.05, 4.69) is 25.6 Å². The van der Waals surface area contributed by atoms with Crippen molar-refractivity contribution < 1.29 is 9.18 Å². The molecule has 9 heteroatoms. The molecule has 0 radical (unpaired) electrons. The number of amides is 1. The number of nitrogens with two attached hydrogens (primary N) is 1. The highest BCUT2D eigenvalue weighted by Crippen LogP contribution is 2.26. The molecule has 1 unspecified atom stereocenters. The molecule has 27 heavy (non-hydrogen) atoms. The fourth-order valence-corrected chi connectivity index (χ4v) is 2.89. The number of rotatable bonds is 7. The average Bonchev–Trinajstić information content (AvgIpc) is 2.66. The minimum Gasteiger partial charge on any atom is -0.366 e. The number of nitrogens with one attached hydrogen (secondary N) is 2. The number of hydrogen-bond acceptors (Lipinski definition) is 6. The Balaban J connectivity index is 2.02. The third-order valence-corrected chi connectivity index (χ3v) is 4.33. The van der Waals surface area contributed by atoms with E-state index >= 15 is 0 Å². The van der Waals surface area contributed by atoms with Crippen molar-refractivity contribution in [3.63, 3.8) is 0 Å². The van der Waals surface area contributed by atoms with E-state index < -0.39 is 11.7 Å². The normalized spacial score (nSPS) is 12.1. The van der Waals surface area contributed by atoms with Crippen molar-refractivity contribution in [2.75, 3.05) is 18.4 Å². The Labute approximate surface area is 160 Å². The summed E-state index contributed by atoms with van der Waals surface area (Å²) >= 11 is 5.93. The van der Waals surface area contributed by atoms with Gasteiger partial charge in [-0.05, 0) is 30.3 Å². The third-order valence-electron chi connectivity index (χ3n) is 4.04. The van der Waals surface area contributed by atoms with Crippen LogP contribution in [0.4, 0.5) is 10.2 Å². The van der Waals surface area contributed by atoms with Crippen LogP contribution in [0.3, 0.4) is 0 Å². The smallest absolute Gasteiger partial charge is 0.251 e. The Bertz CT molecular complexity index is 983. The maximum absolute atomic E-state index is 13.5. The zero-order chi connectivity index (χ0) is 19.4. The number of primary amides is 1. The summed E-state index contributed by atoms with van der Waals surface area (Å²) in [5.74, 6) is -0.643. The van der Waals surface area contributed by atoms with Gasteiger partial charge in [-0.15, -0.1) is 0 Å². The van der Waals surface area contributed by atoms with Crippen molar-refractivity contribution in [1.82, 2.24) is 20.3 Å². The summed E-state index contributed by atoms with van der Waals surface area (Å²) in [5, 5.41) is 6.56. The fraction of sp³-hybridized carbons (Fsp3) is 0.222. The standard InChI is InChI=1S/C18H18ClFN6O/c1-2-22-8-14(10-3-4-13(20)12(19)7-10)26-18-16-15(24-9-25-18)11(17(21)27)5-6-23-16/h3-7,9,14,22H,2,8H2,1H3,(H2,21,27)(H,24,25,26). The van der Waals surface area contributed by atoms with E-state index in [-0.39, 0.29) is 16.6 Å². The third kappa shape index (κ3) is 4.12. The van der Waals surface area contributed by atoms with Crippen LogP contribution in [0.5, 0.6) is 0 Å². The molecule has 4 N–H and O–H groups in total. The number of nitrogens with zero attached hydrogens (tertiary/aromatic N) is 3. The van der Waals surface area contributed by atoms with E-state index in [1.165, 1.54) is 24.7 Å². The van der Waals surface area contributed by atoms with E-state index in [4.69, 9.17) is 17.3 Å². The van der Waals surface area contributed by atoms with Gasteiger partial charge in [-0.1, -0.05) is 24.6 Å². The summed E-state index contributed by atoms with van der Waals surface area (Å²) in [6.07, 6.45) is 2.81. The Hall–Kier alpha value is -2.84. The Morgan fingerprint density at radius 3 is 2.78 bits per heavy atom. The van der Waals surface area contributed by atoms with Crippen LogP contribution in [0, 0.1) is 5.82 Å². The van der Waals surface area contributed by atoms with Gasteiger partial charge in [0.15, 0.2) is 5.82 Å². The van der Waals surface area contributed by atoms with Crippen LogP contribution in [0.15, 0.2) is 36.8 Å². The molecular weight excluding hydrogens is 371 g/mol. The molecule has 3 aromatic rings. The Morgan fingerprint density at radius 2 is 2.07 bits per heavy atom. The van der Waals surface area contributed by atoms with Crippen LogP contribution < -0.4 is 16.4 Å². The lowest BCUT2D eigenvalue weighted by Gasteiger charge is -2.21. The van der Waals surface area contributed by atoms with Gasteiger partial charge in [0.2, 0.25) is 0 Å². The van der Waals surface area contributed by atoms with Gasteiger partial charge in [-0.3, -0.25) is 9.78 Å². The predicted molar refractivity (Wildman–Crippen MR) is 102 cm³/mol. The van der Waals surface area contributed by atoms with Crippen LogP contribution in [0.25, 0.3) is 11.0 Å². The summed E-state index contributed by atoms with van der Waals surface area (Å²) in [4.78, 5) is 24.3. The molecule has 0 aliphatic carbocycles. The molecule has 3 rings (SSSR count). The highest BCUT2D eigenvalue weighted by molar-refractivity contribution is 6.30. The highest BCUT2D eigenvalue weighted by Gasteiger charge is 2.17. The highest BCUT2D eigenvalue weighted by atomic mass is 35.5. The van der Waals surface area contributed by atoms with E-state index in [9.17, 15) is 9.18 Å². The van der Waals surface area contributed by atoms with Gasteiger partial charge in [0, 0.05) is 12.7 Å². The summed E-state index contributed by atoms with van der Waals surface area (Å²) in [6.45, 7) is 3.27. The second-order valence-corrected chi connectivity index (χ2v) is 6.23. The molecule has 0 aliphatic heterocycles. The first-order chi connectivity index (χ1) is 13.0. The van der Waals surface area contributed by atoms with Crippen molar-refractivity contribution in [1.29, 1.82) is 0 Å². The van der Waals surface area contributed by atoms with Crippen molar-refractivity contribution in [2.24, 2.45) is 5.73 Å². The van der Waals surface area contributed by atoms with Gasteiger partial charge < -0.3 is 16.4 Å². The molecule has 0 saturated carbocycles. The van der Waals surface area contributed by atoms with Gasteiger partial charge in [0.1, 0.15) is 23.2 Å². The number of anilines is 1. The second-order valence-electron chi connectivity index (χ2n) is 5.82. The minimum atomic E-state index is -0.596. The summed E-state index contributed by atoms with van der Waals surface area (Å²) < 4.78 is 13.5. The molecule has 1 amide bonds. The molecular formula is C18H18ClFN6O. The molecule has 2 aromatic heterocycles. The molecule has 0 saturated heterocycles. The van der Waals surface area contributed by atoms with Gasteiger partial charge in [-0.25, -0.2) is 14.4 Å². The Kier molecular flexibility index (Phi) is 5.78. The van der Waals surface area contributed by atoms with Gasteiger partial charge in [-0.2, -0.15) is 0 Å². The molecule has 0 spiro atoms. The van der Waals surface area contributed by atoms with Crippen LogP contribution in [-0.2, 0) is 0 Å². The number of pyridine rings is 1. The first kappa shape index (κ1) is 18.9. The summed E-state index contributed by atoms with van der Waals surface area (Å²) in [5.41, 5.74) is 7.23. The first-order valence-corrected chi connectivity index (χ1v) is 8.70. The second kappa shape index (κ2) is 8.24. The maximum Gasteiger partial charge on any atom is 0.251 e. The van der Waals surface area contributed by atoms with Crippen molar-refractivity contribution in [3.05, 3.63) is 58.8 Å². The van der Waals surface area contributed by atoms with Crippen molar-refractivity contribution >= 4 is 34.4 Å². The molecule has 2 heterocycles. The SMILES string of the molecule is CCNCC(Nc1ncnc2c(C(N)=O)ccnc12)c1ccc(F)c(Cl)c1.